The number of benzene rings is 2. The lowest BCUT2D eigenvalue weighted by Crippen LogP contribution is -2.51. The smallest absolute Gasteiger partial charge is 0.156 e. The molecule has 0 heterocycles. The standard InChI is InChI=1S/C34H35F2NO2/c1-33-20-27(26-18-30(36)31(37(2)3)19-29(26)35)32-24-12-10-23(38)17-22(24)9-11-25(32)28(33)14-16-34(33,39)15-13-21-7-5-4-6-8-21/h4-8,17-19,25,27-28,39H,9-12,14,16,20H2,1-3H3/t25-,27+,28-,33-,34-/m0/s1. The normalized spacial score (nSPS) is 31.5. The van der Waals surface area contributed by atoms with E-state index in [1.807, 2.05) is 30.3 Å². The van der Waals surface area contributed by atoms with Crippen molar-refractivity contribution >= 4 is 11.5 Å². The molecular formula is C34H35F2NO2. The highest BCUT2D eigenvalue weighted by Gasteiger charge is 2.62. The lowest BCUT2D eigenvalue weighted by Gasteiger charge is -2.53. The monoisotopic (exact) mass is 527 g/mol. The maximum absolute atomic E-state index is 15.9. The molecule has 2 aromatic rings. The van der Waals surface area contributed by atoms with E-state index in [-0.39, 0.29) is 23.3 Å². The first-order chi connectivity index (χ1) is 18.6. The maximum atomic E-state index is 15.9. The van der Waals surface area contributed by atoms with Gasteiger partial charge in [-0.2, -0.15) is 0 Å². The molecule has 2 fully saturated rings. The SMILES string of the molecule is CN(C)c1cc(F)c([C@H]2C[C@@]3(C)[C@@H](CC[C@@]3(O)C#Cc3ccccc3)[C@@H]3CCC4=CC(=O)CCC4=C32)cc1F. The minimum absolute atomic E-state index is 0.137. The number of hydrogen-bond acceptors (Lipinski definition) is 3. The van der Waals surface area contributed by atoms with E-state index in [0.717, 1.165) is 30.4 Å². The van der Waals surface area contributed by atoms with Gasteiger partial charge in [0.05, 0.1) is 5.69 Å². The van der Waals surface area contributed by atoms with Gasteiger partial charge in [-0.1, -0.05) is 42.5 Å². The first-order valence-corrected chi connectivity index (χ1v) is 14.0. The summed E-state index contributed by atoms with van der Waals surface area (Å²) in [5.74, 6) is 5.64. The van der Waals surface area contributed by atoms with Crippen LogP contribution in [0.5, 0.6) is 0 Å². The van der Waals surface area contributed by atoms with Crippen LogP contribution in [-0.2, 0) is 4.79 Å². The van der Waals surface area contributed by atoms with Gasteiger partial charge in [0, 0.05) is 43.5 Å². The predicted octanol–water partition coefficient (Wildman–Crippen LogP) is 6.71. The third-order valence-corrected chi connectivity index (χ3v) is 10.00. The van der Waals surface area contributed by atoms with Crippen molar-refractivity contribution in [1.82, 2.24) is 0 Å². The van der Waals surface area contributed by atoms with Gasteiger partial charge in [0.2, 0.25) is 0 Å². The van der Waals surface area contributed by atoms with Gasteiger partial charge in [0.25, 0.3) is 0 Å². The van der Waals surface area contributed by atoms with Crippen LogP contribution >= 0.6 is 0 Å². The van der Waals surface area contributed by atoms with Gasteiger partial charge in [-0.3, -0.25) is 4.79 Å². The van der Waals surface area contributed by atoms with E-state index in [0.29, 0.717) is 31.2 Å². The van der Waals surface area contributed by atoms with Gasteiger partial charge in [-0.05, 0) is 91.3 Å². The Labute approximate surface area is 229 Å². The third kappa shape index (κ3) is 4.16. The summed E-state index contributed by atoms with van der Waals surface area (Å²) in [5, 5.41) is 12.1. The van der Waals surface area contributed by atoms with Crippen molar-refractivity contribution in [3.05, 3.63) is 88.0 Å². The number of allylic oxidation sites excluding steroid dienone is 4. The van der Waals surface area contributed by atoms with Crippen LogP contribution in [0.15, 0.2) is 65.3 Å². The molecule has 202 valence electrons. The molecule has 5 heteroatoms. The number of aliphatic hydroxyl groups is 1. The largest absolute Gasteiger partial charge is 0.377 e. The molecule has 0 aromatic heterocycles. The lowest BCUT2D eigenvalue weighted by atomic mass is 9.51. The Morgan fingerprint density at radius 1 is 1.03 bits per heavy atom. The molecule has 1 N–H and O–H groups in total. The molecule has 3 nitrogen and oxygen atoms in total. The minimum atomic E-state index is -1.24. The molecule has 0 amide bonds. The highest BCUT2D eigenvalue weighted by Crippen LogP contribution is 2.66. The van der Waals surface area contributed by atoms with E-state index < -0.39 is 28.6 Å². The summed E-state index contributed by atoms with van der Waals surface area (Å²) in [4.78, 5) is 13.9. The van der Waals surface area contributed by atoms with Crippen LogP contribution in [0, 0.1) is 40.7 Å². The Kier molecular flexibility index (Phi) is 6.31. The summed E-state index contributed by atoms with van der Waals surface area (Å²) in [6, 6.07) is 12.3. The van der Waals surface area contributed by atoms with E-state index in [1.165, 1.54) is 23.3 Å². The number of fused-ring (bicyclic) bond motifs is 4. The molecule has 2 saturated carbocycles. The Hall–Kier alpha value is -3.23. The van der Waals surface area contributed by atoms with Gasteiger partial charge in [0.15, 0.2) is 5.78 Å². The summed E-state index contributed by atoms with van der Waals surface area (Å²) in [6.45, 7) is 2.11. The number of carbonyl (C=O) groups is 1. The van der Waals surface area contributed by atoms with Gasteiger partial charge in [0.1, 0.15) is 17.2 Å². The molecule has 0 radical (unpaired) electrons. The summed E-state index contributed by atoms with van der Waals surface area (Å²) in [7, 11) is 3.40. The van der Waals surface area contributed by atoms with Crippen molar-refractivity contribution in [3.63, 3.8) is 0 Å². The van der Waals surface area contributed by atoms with Crippen molar-refractivity contribution in [3.8, 4) is 11.8 Å². The van der Waals surface area contributed by atoms with Crippen molar-refractivity contribution in [1.29, 1.82) is 0 Å². The van der Waals surface area contributed by atoms with Crippen LogP contribution in [0.25, 0.3) is 0 Å². The van der Waals surface area contributed by atoms with E-state index >= 15 is 8.78 Å². The van der Waals surface area contributed by atoms with Crippen LogP contribution in [0.3, 0.4) is 0 Å². The first kappa shape index (κ1) is 26.0. The van der Waals surface area contributed by atoms with Crippen LogP contribution in [0.1, 0.15) is 68.9 Å². The molecule has 0 bridgehead atoms. The second kappa shape index (κ2) is 9.45. The van der Waals surface area contributed by atoms with Crippen LogP contribution < -0.4 is 4.90 Å². The van der Waals surface area contributed by atoms with Crippen LogP contribution in [-0.4, -0.2) is 30.6 Å². The number of nitrogens with zero attached hydrogens (tertiary/aromatic N) is 1. The zero-order chi connectivity index (χ0) is 27.5. The molecule has 0 aliphatic heterocycles. The predicted molar refractivity (Wildman–Crippen MR) is 149 cm³/mol. The quantitative estimate of drug-likeness (QED) is 0.441. The molecule has 6 rings (SSSR count). The summed E-state index contributed by atoms with van der Waals surface area (Å²) in [5.41, 5.74) is 2.97. The molecule has 2 aromatic carbocycles. The van der Waals surface area contributed by atoms with Crippen molar-refractivity contribution in [2.75, 3.05) is 19.0 Å². The van der Waals surface area contributed by atoms with E-state index in [4.69, 9.17) is 0 Å². The first-order valence-electron chi connectivity index (χ1n) is 14.0. The lowest BCUT2D eigenvalue weighted by molar-refractivity contribution is -0.114. The van der Waals surface area contributed by atoms with Gasteiger partial charge in [-0.25, -0.2) is 8.78 Å². The molecule has 0 saturated heterocycles. The van der Waals surface area contributed by atoms with Crippen molar-refractivity contribution < 1.29 is 18.7 Å². The second-order valence-corrected chi connectivity index (χ2v) is 12.2. The molecule has 5 atom stereocenters. The third-order valence-electron chi connectivity index (χ3n) is 10.00. The van der Waals surface area contributed by atoms with E-state index in [1.54, 1.807) is 25.1 Å². The molecule has 0 spiro atoms. The number of anilines is 1. The number of hydrogen-bond donors (Lipinski definition) is 1. The highest BCUT2D eigenvalue weighted by atomic mass is 19.1. The van der Waals surface area contributed by atoms with Crippen molar-refractivity contribution in [2.45, 2.75) is 63.4 Å². The Bertz CT molecular complexity index is 1460. The fourth-order valence-electron chi connectivity index (χ4n) is 8.01. The van der Waals surface area contributed by atoms with Crippen LogP contribution in [0.2, 0.25) is 0 Å². The topological polar surface area (TPSA) is 40.5 Å². The molecule has 4 aliphatic carbocycles. The molecule has 39 heavy (non-hydrogen) atoms. The minimum Gasteiger partial charge on any atom is -0.377 e. The Morgan fingerprint density at radius 2 is 1.79 bits per heavy atom. The van der Waals surface area contributed by atoms with E-state index in [9.17, 15) is 9.90 Å². The zero-order valence-electron chi connectivity index (χ0n) is 22.9. The highest BCUT2D eigenvalue weighted by molar-refractivity contribution is 5.93. The van der Waals surface area contributed by atoms with Gasteiger partial charge >= 0.3 is 0 Å². The number of carbonyl (C=O) groups excluding carboxylic acids is 1. The maximum Gasteiger partial charge on any atom is 0.156 e. The molecular weight excluding hydrogens is 492 g/mol. The van der Waals surface area contributed by atoms with Crippen molar-refractivity contribution in [2.24, 2.45) is 17.3 Å². The van der Waals surface area contributed by atoms with E-state index in [2.05, 4.69) is 18.8 Å². The fraction of sp³-hybridized carbons (Fsp3) is 0.441. The summed E-state index contributed by atoms with van der Waals surface area (Å²) in [6.07, 6.45) is 6.38. The molecule has 4 aliphatic rings. The average molecular weight is 528 g/mol. The van der Waals surface area contributed by atoms with Gasteiger partial charge in [-0.15, -0.1) is 0 Å². The number of halogens is 2. The zero-order valence-corrected chi connectivity index (χ0v) is 22.9. The van der Waals surface area contributed by atoms with Crippen LogP contribution in [0.4, 0.5) is 14.5 Å². The number of ketones is 1. The summed E-state index contributed by atoms with van der Waals surface area (Å²) < 4.78 is 31.2. The Balaban J connectivity index is 1.51. The number of rotatable bonds is 2. The van der Waals surface area contributed by atoms with Gasteiger partial charge < -0.3 is 10.0 Å². The second-order valence-electron chi connectivity index (χ2n) is 12.2. The fourth-order valence-corrected chi connectivity index (χ4v) is 8.01. The molecule has 0 unspecified atom stereocenters. The Morgan fingerprint density at radius 3 is 2.54 bits per heavy atom. The summed E-state index contributed by atoms with van der Waals surface area (Å²) >= 11 is 0. The average Bonchev–Trinajstić information content (AvgIpc) is 3.18.